The van der Waals surface area contributed by atoms with Crippen LogP contribution in [0.2, 0.25) is 10.0 Å². The van der Waals surface area contributed by atoms with E-state index in [0.717, 1.165) is 6.42 Å². The number of hydrogen-bond acceptors (Lipinski definition) is 3. The lowest BCUT2D eigenvalue weighted by Gasteiger charge is -2.24. The molecule has 2 aromatic rings. The van der Waals surface area contributed by atoms with Gasteiger partial charge in [-0.1, -0.05) is 23.2 Å². The van der Waals surface area contributed by atoms with E-state index < -0.39 is 0 Å². The van der Waals surface area contributed by atoms with E-state index in [1.165, 1.54) is 18.2 Å². The van der Waals surface area contributed by atoms with Gasteiger partial charge in [0.05, 0.1) is 28.4 Å². The second-order valence-corrected chi connectivity index (χ2v) is 7.00. The van der Waals surface area contributed by atoms with Gasteiger partial charge in [-0.05, 0) is 55.8 Å². The Morgan fingerprint density at radius 2 is 2.12 bits per heavy atom. The van der Waals surface area contributed by atoms with Gasteiger partial charge in [-0.2, -0.15) is 5.26 Å². The number of nitrogens with one attached hydrogen (secondary N) is 1. The number of likely N-dealkylation sites (tertiary alicyclic amines) is 1. The summed E-state index contributed by atoms with van der Waals surface area (Å²) < 4.78 is 14.1. The van der Waals surface area contributed by atoms with Gasteiger partial charge in [0, 0.05) is 17.1 Å². The standard InChI is InChI=1S/C19H16Cl2FN3O/c20-14-4-6-17(15(21)9-14)24-19(26)18-2-1-7-25(18)11-13-8-12(10-23)3-5-16(13)22/h3-6,8-9,18H,1-2,7,11H2,(H,24,26)/t18-/m0/s1. The highest BCUT2D eigenvalue weighted by Crippen LogP contribution is 2.27. The maximum Gasteiger partial charge on any atom is 0.241 e. The maximum atomic E-state index is 14.1. The van der Waals surface area contributed by atoms with Crippen LogP contribution in [-0.4, -0.2) is 23.4 Å². The second-order valence-electron chi connectivity index (χ2n) is 6.16. The van der Waals surface area contributed by atoms with Crippen molar-refractivity contribution < 1.29 is 9.18 Å². The van der Waals surface area contributed by atoms with Gasteiger partial charge >= 0.3 is 0 Å². The monoisotopic (exact) mass is 391 g/mol. The van der Waals surface area contributed by atoms with E-state index in [-0.39, 0.29) is 24.3 Å². The average molecular weight is 392 g/mol. The molecule has 1 N–H and O–H groups in total. The lowest BCUT2D eigenvalue weighted by Crippen LogP contribution is -2.39. The molecule has 1 aliphatic rings. The van der Waals surface area contributed by atoms with E-state index in [9.17, 15) is 9.18 Å². The molecule has 0 bridgehead atoms. The molecule has 1 atom stereocenters. The number of nitrogens with zero attached hydrogens (tertiary/aromatic N) is 2. The summed E-state index contributed by atoms with van der Waals surface area (Å²) in [6.07, 6.45) is 1.52. The zero-order chi connectivity index (χ0) is 18.7. The SMILES string of the molecule is N#Cc1ccc(F)c(CN2CCC[C@H]2C(=O)Nc2ccc(Cl)cc2Cl)c1. The van der Waals surface area contributed by atoms with Gasteiger partial charge in [-0.15, -0.1) is 0 Å². The van der Waals surface area contributed by atoms with Gasteiger partial charge in [-0.25, -0.2) is 4.39 Å². The fourth-order valence-corrected chi connectivity index (χ4v) is 3.56. The average Bonchev–Trinajstić information content (AvgIpc) is 3.07. The van der Waals surface area contributed by atoms with E-state index in [4.69, 9.17) is 28.5 Å². The second kappa shape index (κ2) is 8.05. The van der Waals surface area contributed by atoms with Crippen LogP contribution in [0.1, 0.15) is 24.0 Å². The molecule has 0 aromatic heterocycles. The zero-order valence-electron chi connectivity index (χ0n) is 13.8. The normalized spacial score (nSPS) is 17.1. The van der Waals surface area contributed by atoms with Crippen molar-refractivity contribution in [2.24, 2.45) is 0 Å². The molecular weight excluding hydrogens is 376 g/mol. The van der Waals surface area contributed by atoms with Gasteiger partial charge in [0.2, 0.25) is 5.91 Å². The Bertz CT molecular complexity index is 882. The minimum atomic E-state index is -0.383. The Morgan fingerprint density at radius 1 is 1.31 bits per heavy atom. The Labute approximate surface area is 161 Å². The van der Waals surface area contributed by atoms with Crippen molar-refractivity contribution >= 4 is 34.8 Å². The molecule has 7 heteroatoms. The third kappa shape index (κ3) is 4.16. The van der Waals surface area contributed by atoms with E-state index in [1.807, 2.05) is 11.0 Å². The number of halogens is 3. The first-order valence-electron chi connectivity index (χ1n) is 8.16. The molecule has 1 amide bonds. The van der Waals surface area contributed by atoms with Crippen molar-refractivity contribution in [1.29, 1.82) is 5.26 Å². The van der Waals surface area contributed by atoms with E-state index in [1.54, 1.807) is 18.2 Å². The van der Waals surface area contributed by atoms with Gasteiger partial charge in [0.25, 0.3) is 0 Å². The fraction of sp³-hybridized carbons (Fsp3) is 0.263. The van der Waals surface area contributed by atoms with Gasteiger partial charge < -0.3 is 5.32 Å². The summed E-state index contributed by atoms with van der Waals surface area (Å²) >= 11 is 12.0. The lowest BCUT2D eigenvalue weighted by atomic mass is 10.1. The van der Waals surface area contributed by atoms with Crippen LogP contribution in [0.25, 0.3) is 0 Å². The minimum Gasteiger partial charge on any atom is -0.323 e. The quantitative estimate of drug-likeness (QED) is 0.827. The number of benzene rings is 2. The van der Waals surface area contributed by atoms with Crippen LogP contribution in [0.5, 0.6) is 0 Å². The molecule has 0 aliphatic carbocycles. The molecule has 0 unspecified atom stereocenters. The lowest BCUT2D eigenvalue weighted by molar-refractivity contribution is -0.120. The maximum absolute atomic E-state index is 14.1. The summed E-state index contributed by atoms with van der Waals surface area (Å²) in [5, 5.41) is 12.7. The number of nitriles is 1. The molecule has 1 aliphatic heterocycles. The van der Waals surface area contributed by atoms with E-state index in [2.05, 4.69) is 5.32 Å². The fourth-order valence-electron chi connectivity index (χ4n) is 3.10. The summed E-state index contributed by atoms with van der Waals surface area (Å²) in [6.45, 7) is 0.955. The molecule has 0 radical (unpaired) electrons. The third-order valence-corrected chi connectivity index (χ3v) is 4.95. The molecule has 1 saturated heterocycles. The predicted octanol–water partition coefficient (Wildman–Crippen LogP) is 4.61. The van der Waals surface area contributed by atoms with Gasteiger partial charge in [0.1, 0.15) is 5.82 Å². The van der Waals surface area contributed by atoms with Gasteiger partial charge in [-0.3, -0.25) is 9.69 Å². The summed E-state index contributed by atoms with van der Waals surface area (Å²) in [7, 11) is 0. The van der Waals surface area contributed by atoms with Crippen LogP contribution < -0.4 is 5.32 Å². The van der Waals surface area contributed by atoms with Crippen molar-refractivity contribution in [2.75, 3.05) is 11.9 Å². The number of amides is 1. The van der Waals surface area contributed by atoms with Crippen LogP contribution >= 0.6 is 23.2 Å². The third-order valence-electron chi connectivity index (χ3n) is 4.40. The zero-order valence-corrected chi connectivity index (χ0v) is 15.3. The first-order valence-corrected chi connectivity index (χ1v) is 8.92. The van der Waals surface area contributed by atoms with Crippen molar-refractivity contribution in [2.45, 2.75) is 25.4 Å². The summed E-state index contributed by atoms with van der Waals surface area (Å²) in [6, 6.07) is 10.7. The molecule has 0 spiro atoms. The van der Waals surface area contributed by atoms with Crippen LogP contribution in [0, 0.1) is 17.1 Å². The van der Waals surface area contributed by atoms with Crippen molar-refractivity contribution in [3.63, 3.8) is 0 Å². The van der Waals surface area contributed by atoms with Crippen molar-refractivity contribution in [3.8, 4) is 6.07 Å². The number of hydrogen-bond donors (Lipinski definition) is 1. The minimum absolute atomic E-state index is 0.191. The highest BCUT2D eigenvalue weighted by Gasteiger charge is 2.31. The molecule has 1 heterocycles. The topological polar surface area (TPSA) is 56.1 Å². The Balaban J connectivity index is 1.73. The first kappa shape index (κ1) is 18.7. The number of anilines is 1. The molecule has 134 valence electrons. The molecule has 2 aromatic carbocycles. The number of rotatable bonds is 4. The molecule has 0 saturated carbocycles. The summed E-state index contributed by atoms with van der Waals surface area (Å²) in [5.74, 6) is -0.570. The van der Waals surface area contributed by atoms with E-state index >= 15 is 0 Å². The Kier molecular flexibility index (Phi) is 5.77. The molecule has 26 heavy (non-hydrogen) atoms. The first-order chi connectivity index (χ1) is 12.5. The molecular formula is C19H16Cl2FN3O. The smallest absolute Gasteiger partial charge is 0.241 e. The van der Waals surface area contributed by atoms with E-state index in [0.29, 0.717) is 39.8 Å². The summed E-state index contributed by atoms with van der Waals surface area (Å²) in [5.41, 5.74) is 1.30. The van der Waals surface area contributed by atoms with Crippen molar-refractivity contribution in [1.82, 2.24) is 4.90 Å². The number of carbonyl (C=O) groups excluding carboxylic acids is 1. The molecule has 1 fully saturated rings. The number of carbonyl (C=O) groups is 1. The largest absolute Gasteiger partial charge is 0.323 e. The summed E-state index contributed by atoms with van der Waals surface area (Å²) in [4.78, 5) is 14.6. The Morgan fingerprint density at radius 3 is 2.85 bits per heavy atom. The van der Waals surface area contributed by atoms with Crippen LogP contribution in [0.15, 0.2) is 36.4 Å². The van der Waals surface area contributed by atoms with Crippen LogP contribution in [0.3, 0.4) is 0 Å². The van der Waals surface area contributed by atoms with Crippen LogP contribution in [-0.2, 0) is 11.3 Å². The highest BCUT2D eigenvalue weighted by atomic mass is 35.5. The predicted molar refractivity (Wildman–Crippen MR) is 99.6 cm³/mol. The highest BCUT2D eigenvalue weighted by molar-refractivity contribution is 6.36. The van der Waals surface area contributed by atoms with Crippen LogP contribution in [0.4, 0.5) is 10.1 Å². The van der Waals surface area contributed by atoms with Crippen molar-refractivity contribution in [3.05, 3.63) is 63.4 Å². The molecule has 4 nitrogen and oxygen atoms in total. The molecule has 3 rings (SSSR count). The van der Waals surface area contributed by atoms with Gasteiger partial charge in [0.15, 0.2) is 0 Å². The Hall–Kier alpha value is -2.13.